The van der Waals surface area contributed by atoms with Crippen LogP contribution in [0.15, 0.2) is 0 Å². The normalized spacial score (nSPS) is 14.9. The van der Waals surface area contributed by atoms with Crippen LogP contribution in [-0.2, 0) is 0 Å². The summed E-state index contributed by atoms with van der Waals surface area (Å²) in [5, 5.41) is 14.1. The summed E-state index contributed by atoms with van der Waals surface area (Å²) in [6.07, 6.45) is 3.68. The van der Waals surface area contributed by atoms with E-state index in [4.69, 9.17) is 0 Å². The quantitative estimate of drug-likeness (QED) is 0.371. The van der Waals surface area contributed by atoms with Crippen LogP contribution in [0.1, 0.15) is 60.8 Å². The fourth-order valence-corrected chi connectivity index (χ4v) is 2.21. The van der Waals surface area contributed by atoms with Gasteiger partial charge < -0.3 is 21.3 Å². The highest BCUT2D eigenvalue weighted by Crippen LogP contribution is 2.01. The Balaban J connectivity index is 3.40. The van der Waals surface area contributed by atoms with Crippen LogP contribution in [0.2, 0.25) is 0 Å². The first-order chi connectivity index (χ1) is 9.91. The third kappa shape index (κ3) is 16.0. The van der Waals surface area contributed by atoms with E-state index in [-0.39, 0.29) is 0 Å². The van der Waals surface area contributed by atoms with Crippen molar-refractivity contribution >= 4 is 0 Å². The fraction of sp³-hybridized carbons (Fsp3) is 1.00. The summed E-state index contributed by atoms with van der Waals surface area (Å²) in [7, 11) is 0. The molecule has 2 unspecified atom stereocenters. The second-order valence-corrected chi connectivity index (χ2v) is 6.86. The van der Waals surface area contributed by atoms with Crippen molar-refractivity contribution in [1.82, 2.24) is 21.3 Å². The second kappa shape index (κ2) is 13.5. The highest BCUT2D eigenvalue weighted by atomic mass is 15.0. The van der Waals surface area contributed by atoms with Gasteiger partial charge in [-0.1, -0.05) is 27.7 Å². The first-order valence-corrected chi connectivity index (χ1v) is 8.85. The van der Waals surface area contributed by atoms with Gasteiger partial charge in [0.15, 0.2) is 0 Å². The Kier molecular flexibility index (Phi) is 13.4. The van der Waals surface area contributed by atoms with Crippen LogP contribution in [-0.4, -0.2) is 50.3 Å². The van der Waals surface area contributed by atoms with Gasteiger partial charge in [0.1, 0.15) is 0 Å². The van der Waals surface area contributed by atoms with E-state index in [2.05, 4.69) is 62.8 Å². The summed E-state index contributed by atoms with van der Waals surface area (Å²) < 4.78 is 0. The predicted molar refractivity (Wildman–Crippen MR) is 95.1 cm³/mol. The van der Waals surface area contributed by atoms with Crippen molar-refractivity contribution in [1.29, 1.82) is 0 Å². The van der Waals surface area contributed by atoms with Gasteiger partial charge in [0.25, 0.3) is 0 Å². The van der Waals surface area contributed by atoms with E-state index in [1.807, 2.05) is 0 Å². The minimum absolute atomic E-state index is 0.580. The van der Waals surface area contributed by atoms with E-state index < -0.39 is 0 Å². The van der Waals surface area contributed by atoms with Gasteiger partial charge in [0.05, 0.1) is 0 Å². The lowest BCUT2D eigenvalue weighted by Crippen LogP contribution is -2.37. The summed E-state index contributed by atoms with van der Waals surface area (Å²) in [6.45, 7) is 17.7. The predicted octanol–water partition coefficient (Wildman–Crippen LogP) is 2.11. The first kappa shape index (κ1) is 20.8. The molecule has 0 saturated heterocycles. The molecule has 0 spiro atoms. The molecule has 0 bridgehead atoms. The van der Waals surface area contributed by atoms with Crippen molar-refractivity contribution in [3.63, 3.8) is 0 Å². The largest absolute Gasteiger partial charge is 0.314 e. The summed E-state index contributed by atoms with van der Waals surface area (Å²) in [5.41, 5.74) is 0. The Morgan fingerprint density at radius 2 is 0.905 bits per heavy atom. The third-order valence-electron chi connectivity index (χ3n) is 3.60. The summed E-state index contributed by atoms with van der Waals surface area (Å²) in [4.78, 5) is 0. The smallest absolute Gasteiger partial charge is 0.00793 e. The Hall–Kier alpha value is -0.160. The molecule has 0 aliphatic rings. The molecule has 21 heavy (non-hydrogen) atoms. The zero-order chi connectivity index (χ0) is 16.1. The fourth-order valence-electron chi connectivity index (χ4n) is 2.21. The summed E-state index contributed by atoms with van der Waals surface area (Å²) in [6, 6.07) is 2.39. The number of nitrogens with one attached hydrogen (secondary N) is 4. The highest BCUT2D eigenvalue weighted by Gasteiger charge is 2.05. The summed E-state index contributed by atoms with van der Waals surface area (Å²) in [5.74, 6) is 0. The van der Waals surface area contributed by atoms with Crippen molar-refractivity contribution in [2.75, 3.05) is 26.2 Å². The molecule has 0 rings (SSSR count). The molecule has 0 heterocycles. The molecule has 0 fully saturated rings. The Labute approximate surface area is 133 Å². The van der Waals surface area contributed by atoms with Crippen LogP contribution in [0, 0.1) is 0 Å². The molecule has 0 aromatic heterocycles. The van der Waals surface area contributed by atoms with Gasteiger partial charge >= 0.3 is 0 Å². The van der Waals surface area contributed by atoms with Gasteiger partial charge in [-0.25, -0.2) is 0 Å². The van der Waals surface area contributed by atoms with E-state index in [9.17, 15) is 0 Å². The van der Waals surface area contributed by atoms with Crippen molar-refractivity contribution < 1.29 is 0 Å². The Morgan fingerprint density at radius 3 is 1.43 bits per heavy atom. The second-order valence-electron chi connectivity index (χ2n) is 6.86. The molecule has 4 nitrogen and oxygen atoms in total. The standard InChI is InChI=1S/C17H40N4/c1-14(2)18-10-7-11-20-16(5)8-9-17(6)21-13-12-19-15(3)4/h14-21H,7-13H2,1-6H3. The molecule has 0 radical (unpaired) electrons. The molecular weight excluding hydrogens is 260 g/mol. The van der Waals surface area contributed by atoms with Crippen LogP contribution >= 0.6 is 0 Å². The Morgan fingerprint density at radius 1 is 0.524 bits per heavy atom. The molecule has 0 aromatic carbocycles. The first-order valence-electron chi connectivity index (χ1n) is 8.85. The number of hydrogen-bond donors (Lipinski definition) is 4. The summed E-state index contributed by atoms with van der Waals surface area (Å²) >= 11 is 0. The molecule has 128 valence electrons. The van der Waals surface area contributed by atoms with Crippen molar-refractivity contribution in [2.45, 2.75) is 85.0 Å². The van der Waals surface area contributed by atoms with Crippen LogP contribution in [0.3, 0.4) is 0 Å². The van der Waals surface area contributed by atoms with Crippen LogP contribution in [0.5, 0.6) is 0 Å². The zero-order valence-electron chi connectivity index (χ0n) is 15.3. The SMILES string of the molecule is CC(C)NCCCNC(C)CCC(C)NCCNC(C)C. The van der Waals surface area contributed by atoms with E-state index in [0.717, 1.165) is 26.2 Å². The minimum Gasteiger partial charge on any atom is -0.314 e. The van der Waals surface area contributed by atoms with Gasteiger partial charge in [0, 0.05) is 37.3 Å². The third-order valence-corrected chi connectivity index (χ3v) is 3.60. The van der Waals surface area contributed by atoms with E-state index >= 15 is 0 Å². The molecule has 0 aliphatic carbocycles. The van der Waals surface area contributed by atoms with E-state index in [1.54, 1.807) is 0 Å². The average Bonchev–Trinajstić information content (AvgIpc) is 2.40. The van der Waals surface area contributed by atoms with Gasteiger partial charge in [0.2, 0.25) is 0 Å². The molecule has 2 atom stereocenters. The lowest BCUT2D eigenvalue weighted by molar-refractivity contribution is 0.426. The molecule has 0 aliphatic heterocycles. The lowest BCUT2D eigenvalue weighted by atomic mass is 10.1. The van der Waals surface area contributed by atoms with Crippen molar-refractivity contribution in [3.8, 4) is 0 Å². The average molecular weight is 301 g/mol. The van der Waals surface area contributed by atoms with E-state index in [1.165, 1.54) is 19.3 Å². The van der Waals surface area contributed by atoms with Crippen molar-refractivity contribution in [2.24, 2.45) is 0 Å². The molecular formula is C17H40N4. The maximum atomic E-state index is 3.61. The van der Waals surface area contributed by atoms with Crippen molar-refractivity contribution in [3.05, 3.63) is 0 Å². The maximum absolute atomic E-state index is 3.61. The van der Waals surface area contributed by atoms with Gasteiger partial charge in [-0.2, -0.15) is 0 Å². The molecule has 0 amide bonds. The lowest BCUT2D eigenvalue weighted by Gasteiger charge is -2.19. The maximum Gasteiger partial charge on any atom is 0.00793 e. The minimum atomic E-state index is 0.580. The van der Waals surface area contributed by atoms with Crippen LogP contribution in [0.25, 0.3) is 0 Å². The molecule has 4 N–H and O–H groups in total. The molecule has 0 saturated carbocycles. The van der Waals surface area contributed by atoms with Gasteiger partial charge in [-0.05, 0) is 46.2 Å². The molecule has 0 aromatic rings. The Bertz CT molecular complexity index is 219. The number of hydrogen-bond acceptors (Lipinski definition) is 4. The van der Waals surface area contributed by atoms with Crippen LogP contribution < -0.4 is 21.3 Å². The topological polar surface area (TPSA) is 48.1 Å². The van der Waals surface area contributed by atoms with Crippen LogP contribution in [0.4, 0.5) is 0 Å². The van der Waals surface area contributed by atoms with E-state index in [0.29, 0.717) is 24.2 Å². The monoisotopic (exact) mass is 300 g/mol. The molecule has 4 heteroatoms. The van der Waals surface area contributed by atoms with Gasteiger partial charge in [-0.15, -0.1) is 0 Å². The number of rotatable bonds is 14. The zero-order valence-corrected chi connectivity index (χ0v) is 15.3. The highest BCUT2D eigenvalue weighted by molar-refractivity contribution is 4.68. The van der Waals surface area contributed by atoms with Gasteiger partial charge in [-0.3, -0.25) is 0 Å².